The average Bonchev–Trinajstić information content (AvgIpc) is 3.13. The number of nitrogens with zero attached hydrogens (tertiary/aromatic N) is 4. The lowest BCUT2D eigenvalue weighted by molar-refractivity contribution is 0.170. The van der Waals surface area contributed by atoms with E-state index in [1.807, 2.05) is 0 Å². The summed E-state index contributed by atoms with van der Waals surface area (Å²) in [5.74, 6) is -3.46. The number of nitrogens with one attached hydrogen (secondary N) is 1. The number of benzene rings is 2. The zero-order valence-corrected chi connectivity index (χ0v) is 18.3. The van der Waals surface area contributed by atoms with Gasteiger partial charge in [-0.25, -0.2) is 18.0 Å². The number of carbonyl (C=O) groups excluding carboxylic acids is 1. The predicted octanol–water partition coefficient (Wildman–Crippen LogP) is 3.50. The third-order valence-corrected chi connectivity index (χ3v) is 5.22. The zero-order valence-electron chi connectivity index (χ0n) is 17.6. The van der Waals surface area contributed by atoms with Crippen LogP contribution in [0.5, 0.6) is 0 Å². The summed E-state index contributed by atoms with van der Waals surface area (Å²) in [6, 6.07) is 6.14. The Labute approximate surface area is 195 Å². The number of carbonyl (C=O) groups is 1. The quantitative estimate of drug-likeness (QED) is 0.364. The lowest BCUT2D eigenvalue weighted by atomic mass is 10.1. The van der Waals surface area contributed by atoms with E-state index in [0.717, 1.165) is 6.07 Å². The van der Waals surface area contributed by atoms with Crippen LogP contribution in [0.25, 0.3) is 16.9 Å². The van der Waals surface area contributed by atoms with E-state index >= 15 is 0 Å². The smallest absolute Gasteiger partial charge is 0.407 e. The normalized spacial score (nSPS) is 11.1. The molecule has 5 N–H and O–H groups in total. The number of fused-ring (bicyclic) bond motifs is 1. The molecule has 0 aliphatic carbocycles. The van der Waals surface area contributed by atoms with E-state index in [1.54, 1.807) is 18.2 Å². The molecule has 2 aromatic carbocycles. The van der Waals surface area contributed by atoms with Crippen LogP contribution in [-0.2, 0) is 17.7 Å². The molecule has 34 heavy (non-hydrogen) atoms. The number of hydrogen-bond donors (Lipinski definition) is 3. The Morgan fingerprint density at radius 2 is 1.85 bits per heavy atom. The summed E-state index contributed by atoms with van der Waals surface area (Å²) in [7, 11) is 1.21. The second kappa shape index (κ2) is 9.06. The molecule has 0 spiro atoms. The van der Waals surface area contributed by atoms with Crippen molar-refractivity contribution in [1.82, 2.24) is 25.1 Å². The van der Waals surface area contributed by atoms with E-state index in [-0.39, 0.29) is 47.4 Å². The number of alkyl carbamates (subject to hydrolysis) is 1. The zero-order chi connectivity index (χ0) is 24.6. The van der Waals surface area contributed by atoms with Crippen LogP contribution in [0.4, 0.5) is 29.6 Å². The van der Waals surface area contributed by atoms with Gasteiger partial charge in [-0.05, 0) is 29.8 Å². The van der Waals surface area contributed by atoms with Crippen LogP contribution in [0.3, 0.4) is 0 Å². The van der Waals surface area contributed by atoms with E-state index in [2.05, 4.69) is 25.1 Å². The molecular formula is C21H17ClF3N7O2. The van der Waals surface area contributed by atoms with Crippen LogP contribution < -0.4 is 16.8 Å². The fourth-order valence-electron chi connectivity index (χ4n) is 3.37. The number of halogens is 4. The van der Waals surface area contributed by atoms with Gasteiger partial charge in [0.25, 0.3) is 5.95 Å². The highest BCUT2D eigenvalue weighted by Gasteiger charge is 2.20. The molecule has 0 aliphatic rings. The molecule has 2 aromatic heterocycles. The van der Waals surface area contributed by atoms with Crippen molar-refractivity contribution in [2.45, 2.75) is 13.0 Å². The van der Waals surface area contributed by atoms with Gasteiger partial charge in [-0.15, -0.1) is 0 Å². The number of nitrogens with two attached hydrogens (primary N) is 2. The Bertz CT molecular complexity index is 1400. The van der Waals surface area contributed by atoms with E-state index in [9.17, 15) is 18.0 Å². The molecule has 0 atom stereocenters. The Hall–Kier alpha value is -4.06. The monoisotopic (exact) mass is 491 g/mol. The fraction of sp³-hybridized carbons (Fsp3) is 0.143. The van der Waals surface area contributed by atoms with Crippen molar-refractivity contribution in [1.29, 1.82) is 0 Å². The summed E-state index contributed by atoms with van der Waals surface area (Å²) in [4.78, 5) is 19.8. The fourth-order valence-corrected chi connectivity index (χ4v) is 3.54. The van der Waals surface area contributed by atoms with Crippen molar-refractivity contribution >= 4 is 40.2 Å². The second-order valence-corrected chi connectivity index (χ2v) is 7.61. The van der Waals surface area contributed by atoms with Crippen molar-refractivity contribution in [2.24, 2.45) is 0 Å². The summed E-state index contributed by atoms with van der Waals surface area (Å²) >= 11 is 6.13. The molecule has 176 valence electrons. The molecule has 0 saturated heterocycles. The van der Waals surface area contributed by atoms with Gasteiger partial charge in [-0.3, -0.25) is 0 Å². The minimum Gasteiger partial charge on any atom is -0.453 e. The van der Waals surface area contributed by atoms with E-state index < -0.39 is 23.5 Å². The molecular weight excluding hydrogens is 475 g/mol. The first-order valence-corrected chi connectivity index (χ1v) is 10.1. The van der Waals surface area contributed by atoms with Gasteiger partial charge < -0.3 is 21.5 Å². The minimum atomic E-state index is -1.31. The molecule has 0 fully saturated rings. The molecule has 4 rings (SSSR count). The number of rotatable bonds is 5. The molecule has 0 saturated carbocycles. The standard InChI is InChI=1S/C21H17ClF3N7O2/c1-34-21(33)28-8-13-18(26)29-20(30-19(13)27)32-16-3-2-10(22)6-12(16)15(31-32)5-9-4-11(23)7-14(24)17(9)25/h2-4,6-7H,5,8H2,1H3,(H,28,33)(H4,26,27,29,30). The summed E-state index contributed by atoms with van der Waals surface area (Å²) < 4.78 is 47.5. The molecule has 9 nitrogen and oxygen atoms in total. The van der Waals surface area contributed by atoms with Gasteiger partial charge in [0.1, 0.15) is 17.5 Å². The number of amides is 1. The Morgan fingerprint density at radius 3 is 2.53 bits per heavy atom. The Balaban J connectivity index is 1.80. The van der Waals surface area contributed by atoms with Crippen molar-refractivity contribution in [3.8, 4) is 5.95 Å². The van der Waals surface area contributed by atoms with Crippen LogP contribution in [-0.4, -0.2) is 33.0 Å². The third-order valence-electron chi connectivity index (χ3n) is 4.99. The highest BCUT2D eigenvalue weighted by atomic mass is 35.5. The molecule has 4 aromatic rings. The maximum atomic E-state index is 14.3. The topological polar surface area (TPSA) is 134 Å². The third kappa shape index (κ3) is 4.39. The molecule has 1 amide bonds. The first kappa shape index (κ1) is 23.1. The Kier molecular flexibility index (Phi) is 6.16. The van der Waals surface area contributed by atoms with E-state index in [0.29, 0.717) is 22.0 Å². The highest BCUT2D eigenvalue weighted by molar-refractivity contribution is 6.31. The lowest BCUT2D eigenvalue weighted by Crippen LogP contribution is -2.24. The maximum Gasteiger partial charge on any atom is 0.407 e. The highest BCUT2D eigenvalue weighted by Crippen LogP contribution is 2.28. The van der Waals surface area contributed by atoms with Gasteiger partial charge in [0.2, 0.25) is 0 Å². The van der Waals surface area contributed by atoms with Gasteiger partial charge in [-0.1, -0.05) is 11.6 Å². The van der Waals surface area contributed by atoms with Crippen molar-refractivity contribution in [3.63, 3.8) is 0 Å². The van der Waals surface area contributed by atoms with Gasteiger partial charge in [0, 0.05) is 22.9 Å². The van der Waals surface area contributed by atoms with E-state index in [4.69, 9.17) is 23.1 Å². The SMILES string of the molecule is COC(=O)NCc1c(N)nc(-n2nc(Cc3cc(F)cc(F)c3F)c3cc(Cl)ccc32)nc1N. The molecule has 0 aliphatic heterocycles. The number of methoxy groups -OCH3 is 1. The molecule has 13 heteroatoms. The molecule has 0 bridgehead atoms. The summed E-state index contributed by atoms with van der Waals surface area (Å²) in [6.45, 7) is -0.0737. The summed E-state index contributed by atoms with van der Waals surface area (Å²) in [5, 5.41) is 7.70. The summed E-state index contributed by atoms with van der Waals surface area (Å²) in [6.07, 6.45) is -0.931. The molecule has 2 heterocycles. The number of aromatic nitrogens is 4. The van der Waals surface area contributed by atoms with E-state index in [1.165, 1.54) is 11.8 Å². The minimum absolute atomic E-state index is 0.0127. The van der Waals surface area contributed by atoms with Crippen LogP contribution in [0, 0.1) is 17.5 Å². The average molecular weight is 492 g/mol. The van der Waals surface area contributed by atoms with Crippen LogP contribution in [0.2, 0.25) is 5.02 Å². The lowest BCUT2D eigenvalue weighted by Gasteiger charge is -2.11. The van der Waals surface area contributed by atoms with Gasteiger partial charge in [0.05, 0.1) is 30.4 Å². The van der Waals surface area contributed by atoms with Crippen molar-refractivity contribution in [3.05, 3.63) is 69.6 Å². The van der Waals surface area contributed by atoms with Gasteiger partial charge >= 0.3 is 6.09 Å². The van der Waals surface area contributed by atoms with Gasteiger partial charge in [0.15, 0.2) is 11.6 Å². The first-order chi connectivity index (χ1) is 16.2. The van der Waals surface area contributed by atoms with Crippen LogP contribution in [0.15, 0.2) is 30.3 Å². The number of nitrogen functional groups attached to an aromatic ring is 2. The van der Waals surface area contributed by atoms with Crippen molar-refractivity contribution in [2.75, 3.05) is 18.6 Å². The Morgan fingerprint density at radius 1 is 1.15 bits per heavy atom. The maximum absolute atomic E-state index is 14.3. The van der Waals surface area contributed by atoms with Crippen molar-refractivity contribution < 1.29 is 22.7 Å². The van der Waals surface area contributed by atoms with Gasteiger partial charge in [-0.2, -0.15) is 19.7 Å². The van der Waals surface area contributed by atoms with Crippen LogP contribution >= 0.6 is 11.6 Å². The molecule has 0 unspecified atom stereocenters. The number of anilines is 2. The predicted molar refractivity (Wildman–Crippen MR) is 119 cm³/mol. The largest absolute Gasteiger partial charge is 0.453 e. The number of hydrogen-bond acceptors (Lipinski definition) is 7. The first-order valence-electron chi connectivity index (χ1n) is 9.72. The second-order valence-electron chi connectivity index (χ2n) is 7.18. The summed E-state index contributed by atoms with van der Waals surface area (Å²) in [5.41, 5.74) is 12.8. The molecule has 0 radical (unpaired) electrons. The van der Waals surface area contributed by atoms with Crippen LogP contribution in [0.1, 0.15) is 16.8 Å². The number of ether oxygens (including phenoxy) is 1.